The first kappa shape index (κ1) is 20.1. The quantitative estimate of drug-likeness (QED) is 0.675. The number of nitrogens with one attached hydrogen (secondary N) is 2. The van der Waals surface area contributed by atoms with Crippen LogP contribution >= 0.6 is 23.7 Å². The predicted octanol–water partition coefficient (Wildman–Crippen LogP) is 3.43. The lowest BCUT2D eigenvalue weighted by molar-refractivity contribution is -0.118. The van der Waals surface area contributed by atoms with Gasteiger partial charge in [-0.15, -0.1) is 23.7 Å². The Bertz CT molecular complexity index is 859. The largest absolute Gasteiger partial charge is 0.305 e. The average Bonchev–Trinajstić information content (AvgIpc) is 3.25. The van der Waals surface area contributed by atoms with Gasteiger partial charge in [-0.2, -0.15) is 5.10 Å². The number of likely N-dealkylation sites (N-methyl/N-ethyl adjacent to an activating group) is 1. The zero-order chi connectivity index (χ0) is 17.8. The van der Waals surface area contributed by atoms with E-state index in [1.165, 1.54) is 16.9 Å². The molecule has 3 rings (SSSR count). The zero-order valence-corrected chi connectivity index (χ0v) is 16.5. The van der Waals surface area contributed by atoms with Gasteiger partial charge in [0.15, 0.2) is 5.13 Å². The highest BCUT2D eigenvalue weighted by Crippen LogP contribution is 2.26. The fourth-order valence-electron chi connectivity index (χ4n) is 2.59. The third-order valence-corrected chi connectivity index (χ3v) is 4.76. The molecule has 0 aliphatic rings. The minimum atomic E-state index is -0.468. The lowest BCUT2D eigenvalue weighted by Gasteiger charge is -2.12. The molecule has 1 atom stereocenters. The van der Waals surface area contributed by atoms with Crippen LogP contribution in [0.1, 0.15) is 24.1 Å². The average molecular weight is 392 g/mol. The number of nitrogens with zero attached hydrogens (tertiary/aromatic N) is 3. The van der Waals surface area contributed by atoms with Crippen LogP contribution < -0.4 is 10.6 Å². The van der Waals surface area contributed by atoms with Gasteiger partial charge in [0.2, 0.25) is 5.91 Å². The SMILES string of the molecule is CCc1ccc(-c2csc(NC(=O)C(NC)c3cnn(C)c3)n2)cc1.Cl. The number of amides is 1. The number of hydrogen-bond donors (Lipinski definition) is 2. The summed E-state index contributed by atoms with van der Waals surface area (Å²) in [6, 6.07) is 7.86. The van der Waals surface area contributed by atoms with Crippen molar-refractivity contribution in [1.29, 1.82) is 0 Å². The fourth-order valence-corrected chi connectivity index (χ4v) is 3.31. The maximum atomic E-state index is 12.5. The first-order valence-corrected chi connectivity index (χ1v) is 9.00. The van der Waals surface area contributed by atoms with Crippen molar-refractivity contribution in [3.8, 4) is 11.3 Å². The molecule has 2 heterocycles. The van der Waals surface area contributed by atoms with Crippen LogP contribution in [0.25, 0.3) is 11.3 Å². The van der Waals surface area contributed by atoms with E-state index in [0.717, 1.165) is 23.2 Å². The molecule has 0 fully saturated rings. The van der Waals surface area contributed by atoms with Crippen LogP contribution in [0, 0.1) is 0 Å². The van der Waals surface area contributed by atoms with Crippen LogP contribution in [0.4, 0.5) is 5.13 Å². The van der Waals surface area contributed by atoms with Crippen molar-refractivity contribution in [2.45, 2.75) is 19.4 Å². The lowest BCUT2D eigenvalue weighted by Crippen LogP contribution is -2.30. The van der Waals surface area contributed by atoms with Gasteiger partial charge in [0.1, 0.15) is 6.04 Å². The summed E-state index contributed by atoms with van der Waals surface area (Å²) in [4.78, 5) is 17.1. The molecule has 2 aromatic heterocycles. The van der Waals surface area contributed by atoms with E-state index in [-0.39, 0.29) is 18.3 Å². The van der Waals surface area contributed by atoms with E-state index >= 15 is 0 Å². The van der Waals surface area contributed by atoms with Gasteiger partial charge in [-0.1, -0.05) is 31.2 Å². The molecule has 0 bridgehead atoms. The molecule has 0 saturated heterocycles. The summed E-state index contributed by atoms with van der Waals surface area (Å²) in [5.74, 6) is -0.155. The molecule has 1 amide bonds. The number of benzene rings is 1. The number of aromatic nitrogens is 3. The van der Waals surface area contributed by atoms with Crippen LogP contribution in [-0.2, 0) is 18.3 Å². The third-order valence-electron chi connectivity index (χ3n) is 4.00. The number of rotatable bonds is 6. The molecule has 1 aromatic carbocycles. The fraction of sp³-hybridized carbons (Fsp3) is 0.278. The molecule has 26 heavy (non-hydrogen) atoms. The van der Waals surface area contributed by atoms with E-state index in [0.29, 0.717) is 5.13 Å². The minimum Gasteiger partial charge on any atom is -0.305 e. The molecule has 6 nitrogen and oxygen atoms in total. The number of thiazole rings is 1. The van der Waals surface area contributed by atoms with Crippen molar-refractivity contribution >= 4 is 34.8 Å². The van der Waals surface area contributed by atoms with Gasteiger partial charge in [0.25, 0.3) is 0 Å². The highest BCUT2D eigenvalue weighted by molar-refractivity contribution is 7.14. The maximum Gasteiger partial charge on any atom is 0.247 e. The van der Waals surface area contributed by atoms with Gasteiger partial charge in [0, 0.05) is 29.8 Å². The minimum absolute atomic E-state index is 0. The Balaban J connectivity index is 0.00000243. The summed E-state index contributed by atoms with van der Waals surface area (Å²) >= 11 is 1.42. The van der Waals surface area contributed by atoms with Crippen molar-refractivity contribution in [2.24, 2.45) is 7.05 Å². The first-order valence-electron chi connectivity index (χ1n) is 8.12. The molecule has 138 valence electrons. The summed E-state index contributed by atoms with van der Waals surface area (Å²) in [5.41, 5.74) is 4.02. The van der Waals surface area contributed by atoms with Crippen molar-refractivity contribution in [3.63, 3.8) is 0 Å². The Morgan fingerprint density at radius 2 is 2.04 bits per heavy atom. The van der Waals surface area contributed by atoms with Gasteiger partial charge < -0.3 is 10.6 Å². The second kappa shape index (κ2) is 8.93. The number of halogens is 1. The summed E-state index contributed by atoms with van der Waals surface area (Å²) in [7, 11) is 3.57. The monoisotopic (exact) mass is 391 g/mol. The second-order valence-corrected chi connectivity index (χ2v) is 6.60. The molecule has 1 unspecified atom stereocenters. The molecule has 3 aromatic rings. The Labute approximate surface area is 163 Å². The van der Waals surface area contributed by atoms with Crippen LogP contribution in [0.15, 0.2) is 42.0 Å². The van der Waals surface area contributed by atoms with Gasteiger partial charge in [-0.3, -0.25) is 9.48 Å². The van der Waals surface area contributed by atoms with Crippen molar-refractivity contribution in [1.82, 2.24) is 20.1 Å². The number of hydrogen-bond acceptors (Lipinski definition) is 5. The van der Waals surface area contributed by atoms with E-state index in [4.69, 9.17) is 0 Å². The van der Waals surface area contributed by atoms with Gasteiger partial charge in [-0.05, 0) is 19.0 Å². The van der Waals surface area contributed by atoms with Crippen molar-refractivity contribution in [3.05, 3.63) is 53.2 Å². The van der Waals surface area contributed by atoms with E-state index < -0.39 is 6.04 Å². The summed E-state index contributed by atoms with van der Waals surface area (Å²) < 4.78 is 1.68. The molecule has 0 radical (unpaired) electrons. The molecule has 0 spiro atoms. The van der Waals surface area contributed by atoms with Gasteiger partial charge >= 0.3 is 0 Å². The Morgan fingerprint density at radius 1 is 1.31 bits per heavy atom. The van der Waals surface area contributed by atoms with E-state index in [9.17, 15) is 4.79 Å². The maximum absolute atomic E-state index is 12.5. The molecular formula is C18H22ClN5OS. The molecule has 8 heteroatoms. The van der Waals surface area contributed by atoms with Crippen LogP contribution in [0.2, 0.25) is 0 Å². The number of aryl methyl sites for hydroxylation is 2. The molecular weight excluding hydrogens is 370 g/mol. The molecule has 0 aliphatic carbocycles. The van der Waals surface area contributed by atoms with Crippen LogP contribution in [-0.4, -0.2) is 27.7 Å². The van der Waals surface area contributed by atoms with Crippen molar-refractivity contribution in [2.75, 3.05) is 12.4 Å². The van der Waals surface area contributed by atoms with E-state index in [1.54, 1.807) is 17.9 Å². The number of carbonyl (C=O) groups excluding carboxylic acids is 1. The molecule has 0 saturated carbocycles. The number of anilines is 1. The number of carbonyl (C=O) groups is 1. The smallest absolute Gasteiger partial charge is 0.247 e. The summed E-state index contributed by atoms with van der Waals surface area (Å²) in [5, 5.41) is 12.6. The van der Waals surface area contributed by atoms with Gasteiger partial charge in [-0.25, -0.2) is 4.98 Å². The second-order valence-electron chi connectivity index (χ2n) is 5.75. The highest BCUT2D eigenvalue weighted by Gasteiger charge is 2.21. The topological polar surface area (TPSA) is 71.8 Å². The lowest BCUT2D eigenvalue weighted by atomic mass is 10.1. The Morgan fingerprint density at radius 3 is 2.62 bits per heavy atom. The van der Waals surface area contributed by atoms with E-state index in [1.807, 2.05) is 18.6 Å². The normalized spacial score (nSPS) is 11.7. The molecule has 2 N–H and O–H groups in total. The first-order chi connectivity index (χ1) is 12.1. The standard InChI is InChI=1S/C18H21N5OS.ClH/c1-4-12-5-7-13(8-6-12)15-11-25-18(21-15)22-17(24)16(19-2)14-9-20-23(3)10-14;/h5-11,16,19H,4H2,1-3H3,(H,21,22,24);1H. The Hall–Kier alpha value is -2.22. The van der Waals surface area contributed by atoms with Crippen LogP contribution in [0.3, 0.4) is 0 Å². The summed E-state index contributed by atoms with van der Waals surface area (Å²) in [6.45, 7) is 2.13. The Kier molecular flexibility index (Phi) is 6.90. The van der Waals surface area contributed by atoms with Crippen LogP contribution in [0.5, 0.6) is 0 Å². The summed E-state index contributed by atoms with van der Waals surface area (Å²) in [6.07, 6.45) is 4.52. The van der Waals surface area contributed by atoms with Gasteiger partial charge in [0.05, 0.1) is 11.9 Å². The third kappa shape index (κ3) is 4.49. The van der Waals surface area contributed by atoms with Crippen molar-refractivity contribution < 1.29 is 4.79 Å². The highest BCUT2D eigenvalue weighted by atomic mass is 35.5. The predicted molar refractivity (Wildman–Crippen MR) is 108 cm³/mol. The zero-order valence-electron chi connectivity index (χ0n) is 14.9. The van der Waals surface area contributed by atoms with E-state index in [2.05, 4.69) is 51.9 Å². The molecule has 0 aliphatic heterocycles.